The largest absolute Gasteiger partial charge is 0.351 e. The van der Waals surface area contributed by atoms with Crippen molar-refractivity contribution in [1.82, 2.24) is 10.6 Å². The van der Waals surface area contributed by atoms with Gasteiger partial charge in [0, 0.05) is 12.6 Å². The van der Waals surface area contributed by atoms with E-state index in [9.17, 15) is 4.79 Å². The van der Waals surface area contributed by atoms with Crippen LogP contribution in [0.1, 0.15) is 25.3 Å². The molecule has 0 radical (unpaired) electrons. The van der Waals surface area contributed by atoms with E-state index in [4.69, 9.17) is 0 Å². The highest BCUT2D eigenvalue weighted by molar-refractivity contribution is 5.82. The second kappa shape index (κ2) is 5.12. The van der Waals surface area contributed by atoms with E-state index in [-0.39, 0.29) is 11.9 Å². The van der Waals surface area contributed by atoms with Crippen molar-refractivity contribution in [2.24, 2.45) is 0 Å². The summed E-state index contributed by atoms with van der Waals surface area (Å²) in [7, 11) is 0. The van der Waals surface area contributed by atoms with Crippen LogP contribution >= 0.6 is 0 Å². The van der Waals surface area contributed by atoms with Crippen molar-refractivity contribution < 1.29 is 4.79 Å². The number of amides is 1. The van der Waals surface area contributed by atoms with Crippen LogP contribution in [0.5, 0.6) is 0 Å². The second-order valence-electron chi connectivity index (χ2n) is 4.40. The Labute approximate surface area is 96.2 Å². The molecule has 16 heavy (non-hydrogen) atoms. The van der Waals surface area contributed by atoms with Gasteiger partial charge in [-0.05, 0) is 25.3 Å². The highest BCUT2D eigenvalue weighted by Crippen LogP contribution is 2.11. The Bertz CT molecular complexity index is 350. The number of benzene rings is 1. The SMILES string of the molecule is CC1CCC(C(=O)NCc2ccccc2)N1. The van der Waals surface area contributed by atoms with Gasteiger partial charge in [0.1, 0.15) is 0 Å². The Morgan fingerprint density at radius 3 is 2.75 bits per heavy atom. The van der Waals surface area contributed by atoms with Gasteiger partial charge in [-0.3, -0.25) is 4.79 Å². The molecule has 0 aromatic heterocycles. The van der Waals surface area contributed by atoms with Gasteiger partial charge in [0.05, 0.1) is 6.04 Å². The van der Waals surface area contributed by atoms with Gasteiger partial charge in [-0.1, -0.05) is 30.3 Å². The molecule has 2 rings (SSSR count). The normalized spacial score (nSPS) is 24.3. The van der Waals surface area contributed by atoms with E-state index in [2.05, 4.69) is 17.6 Å². The zero-order valence-corrected chi connectivity index (χ0v) is 9.57. The fraction of sp³-hybridized carbons (Fsp3) is 0.462. The molecular formula is C13H18N2O. The molecule has 2 atom stereocenters. The van der Waals surface area contributed by atoms with Gasteiger partial charge in [0.15, 0.2) is 0 Å². The maximum atomic E-state index is 11.8. The molecule has 86 valence electrons. The van der Waals surface area contributed by atoms with Gasteiger partial charge >= 0.3 is 0 Å². The average Bonchev–Trinajstić information content (AvgIpc) is 2.74. The molecule has 1 aromatic carbocycles. The first-order chi connectivity index (χ1) is 7.75. The van der Waals surface area contributed by atoms with Crippen LogP contribution in [-0.2, 0) is 11.3 Å². The summed E-state index contributed by atoms with van der Waals surface area (Å²) in [4.78, 5) is 11.8. The molecule has 3 heteroatoms. The van der Waals surface area contributed by atoms with Crippen LogP contribution in [0.15, 0.2) is 30.3 Å². The van der Waals surface area contributed by atoms with E-state index < -0.39 is 0 Å². The quantitative estimate of drug-likeness (QED) is 0.806. The zero-order valence-electron chi connectivity index (χ0n) is 9.57. The first-order valence-corrected chi connectivity index (χ1v) is 5.83. The summed E-state index contributed by atoms with van der Waals surface area (Å²) < 4.78 is 0. The molecule has 3 nitrogen and oxygen atoms in total. The number of rotatable bonds is 3. The summed E-state index contributed by atoms with van der Waals surface area (Å²) in [5.41, 5.74) is 1.14. The maximum absolute atomic E-state index is 11.8. The fourth-order valence-electron chi connectivity index (χ4n) is 2.04. The van der Waals surface area contributed by atoms with Crippen molar-refractivity contribution >= 4 is 5.91 Å². The van der Waals surface area contributed by atoms with Crippen LogP contribution in [0.25, 0.3) is 0 Å². The molecule has 0 spiro atoms. The lowest BCUT2D eigenvalue weighted by Gasteiger charge is -2.12. The first-order valence-electron chi connectivity index (χ1n) is 5.83. The van der Waals surface area contributed by atoms with Crippen LogP contribution in [-0.4, -0.2) is 18.0 Å². The number of carbonyl (C=O) groups is 1. The fourth-order valence-corrected chi connectivity index (χ4v) is 2.04. The molecule has 1 saturated heterocycles. The number of carbonyl (C=O) groups excluding carboxylic acids is 1. The first kappa shape index (κ1) is 11.1. The summed E-state index contributed by atoms with van der Waals surface area (Å²) in [5.74, 6) is 0.119. The van der Waals surface area contributed by atoms with Crippen LogP contribution in [0.3, 0.4) is 0 Å². The number of nitrogens with one attached hydrogen (secondary N) is 2. The van der Waals surface area contributed by atoms with Crippen LogP contribution in [0.2, 0.25) is 0 Å². The van der Waals surface area contributed by atoms with Gasteiger partial charge in [-0.15, -0.1) is 0 Å². The smallest absolute Gasteiger partial charge is 0.237 e. The molecule has 1 aliphatic rings. The van der Waals surface area contributed by atoms with Crippen molar-refractivity contribution in [1.29, 1.82) is 0 Å². The minimum absolute atomic E-state index is 0.00119. The third kappa shape index (κ3) is 2.83. The predicted molar refractivity (Wildman–Crippen MR) is 63.9 cm³/mol. The van der Waals surface area contributed by atoms with E-state index in [1.54, 1.807) is 0 Å². The minimum Gasteiger partial charge on any atom is -0.351 e. The van der Waals surface area contributed by atoms with E-state index in [1.165, 1.54) is 0 Å². The molecule has 1 aromatic rings. The lowest BCUT2D eigenvalue weighted by Crippen LogP contribution is -2.41. The molecule has 2 unspecified atom stereocenters. The molecular weight excluding hydrogens is 200 g/mol. The van der Waals surface area contributed by atoms with E-state index >= 15 is 0 Å². The third-order valence-electron chi connectivity index (χ3n) is 3.00. The highest BCUT2D eigenvalue weighted by Gasteiger charge is 2.25. The van der Waals surface area contributed by atoms with Crippen molar-refractivity contribution in [3.05, 3.63) is 35.9 Å². The summed E-state index contributed by atoms with van der Waals surface area (Å²) in [5, 5.41) is 6.24. The predicted octanol–water partition coefficient (Wildman–Crippen LogP) is 1.44. The lowest BCUT2D eigenvalue weighted by atomic mass is 10.2. The standard InChI is InChI=1S/C13H18N2O/c1-10-7-8-12(15-10)13(16)14-9-11-5-3-2-4-6-11/h2-6,10,12,15H,7-9H2,1H3,(H,14,16). The Balaban J connectivity index is 1.80. The van der Waals surface area contributed by atoms with Crippen LogP contribution in [0.4, 0.5) is 0 Å². The summed E-state index contributed by atoms with van der Waals surface area (Å²) in [6.07, 6.45) is 2.03. The number of hydrogen-bond acceptors (Lipinski definition) is 2. The van der Waals surface area contributed by atoms with Crippen molar-refractivity contribution in [3.63, 3.8) is 0 Å². The summed E-state index contributed by atoms with van der Waals surface area (Å²) in [6.45, 7) is 2.73. The van der Waals surface area contributed by atoms with E-state index in [1.807, 2.05) is 30.3 Å². The van der Waals surface area contributed by atoms with Crippen LogP contribution in [0, 0.1) is 0 Å². The molecule has 0 bridgehead atoms. The van der Waals surface area contributed by atoms with Gasteiger partial charge in [-0.25, -0.2) is 0 Å². The summed E-state index contributed by atoms with van der Waals surface area (Å²) in [6, 6.07) is 10.4. The Hall–Kier alpha value is -1.35. The van der Waals surface area contributed by atoms with Gasteiger partial charge in [0.25, 0.3) is 0 Å². The van der Waals surface area contributed by atoms with Crippen molar-refractivity contribution in [3.8, 4) is 0 Å². The van der Waals surface area contributed by atoms with E-state index in [0.717, 1.165) is 18.4 Å². The Kier molecular flexibility index (Phi) is 3.57. The second-order valence-corrected chi connectivity index (χ2v) is 4.40. The molecule has 1 amide bonds. The third-order valence-corrected chi connectivity index (χ3v) is 3.00. The zero-order chi connectivity index (χ0) is 11.4. The van der Waals surface area contributed by atoms with E-state index in [0.29, 0.717) is 12.6 Å². The monoisotopic (exact) mass is 218 g/mol. The average molecular weight is 218 g/mol. The topological polar surface area (TPSA) is 41.1 Å². The van der Waals surface area contributed by atoms with Crippen LogP contribution < -0.4 is 10.6 Å². The molecule has 1 heterocycles. The maximum Gasteiger partial charge on any atom is 0.237 e. The molecule has 0 saturated carbocycles. The molecule has 1 fully saturated rings. The molecule has 0 aliphatic carbocycles. The Morgan fingerprint density at radius 1 is 1.38 bits per heavy atom. The summed E-state index contributed by atoms with van der Waals surface area (Å²) >= 11 is 0. The molecule has 2 N–H and O–H groups in total. The lowest BCUT2D eigenvalue weighted by molar-refractivity contribution is -0.123. The highest BCUT2D eigenvalue weighted by atomic mass is 16.2. The number of hydrogen-bond donors (Lipinski definition) is 2. The van der Waals surface area contributed by atoms with Crippen molar-refractivity contribution in [2.45, 2.75) is 38.4 Å². The minimum atomic E-state index is -0.00119. The van der Waals surface area contributed by atoms with Gasteiger partial charge in [-0.2, -0.15) is 0 Å². The van der Waals surface area contributed by atoms with Gasteiger partial charge < -0.3 is 10.6 Å². The van der Waals surface area contributed by atoms with Gasteiger partial charge in [0.2, 0.25) is 5.91 Å². The molecule has 1 aliphatic heterocycles. The Morgan fingerprint density at radius 2 is 2.12 bits per heavy atom. The van der Waals surface area contributed by atoms with Crippen molar-refractivity contribution in [2.75, 3.05) is 0 Å².